The van der Waals surface area contributed by atoms with Crippen LogP contribution in [0.25, 0.3) is 21.9 Å². The van der Waals surface area contributed by atoms with E-state index in [1.807, 2.05) is 36.4 Å². The van der Waals surface area contributed by atoms with Gasteiger partial charge < -0.3 is 15.0 Å². The summed E-state index contributed by atoms with van der Waals surface area (Å²) >= 11 is 0. The number of nitrogens with one attached hydrogen (secondary N) is 1. The van der Waals surface area contributed by atoms with Crippen LogP contribution in [0.1, 0.15) is 44.0 Å². The molecule has 2 heterocycles. The standard InChI is InChI=1S/C26H33N5O3S/c1-18(2)19-10-12-20(13-11-19)35(32,33)28-15-6-7-16-31-23(14-17-34-3)30-24-25(31)21-8-4-5-9-22(21)29-26(24)27/h4-5,8-13,18,28H,6-7,14-17H2,1-3H3,(H2,27,29). The van der Waals surface area contributed by atoms with Crippen LogP contribution in [0.15, 0.2) is 53.4 Å². The van der Waals surface area contributed by atoms with Gasteiger partial charge in [0.15, 0.2) is 5.82 Å². The highest BCUT2D eigenvalue weighted by molar-refractivity contribution is 7.89. The maximum atomic E-state index is 12.7. The third-order valence-electron chi connectivity index (χ3n) is 6.18. The van der Waals surface area contributed by atoms with E-state index in [-0.39, 0.29) is 0 Å². The molecule has 0 aliphatic rings. The Morgan fingerprint density at radius 1 is 1.06 bits per heavy atom. The van der Waals surface area contributed by atoms with Gasteiger partial charge in [-0.1, -0.05) is 44.2 Å². The first-order valence-corrected chi connectivity index (χ1v) is 13.4. The van der Waals surface area contributed by atoms with Gasteiger partial charge in [-0.25, -0.2) is 23.1 Å². The number of sulfonamides is 1. The number of para-hydroxylation sites is 1. The van der Waals surface area contributed by atoms with E-state index < -0.39 is 10.0 Å². The van der Waals surface area contributed by atoms with Gasteiger partial charge in [0.25, 0.3) is 0 Å². The van der Waals surface area contributed by atoms with E-state index in [2.05, 4.69) is 28.1 Å². The van der Waals surface area contributed by atoms with Crippen molar-refractivity contribution in [3.8, 4) is 0 Å². The van der Waals surface area contributed by atoms with Crippen LogP contribution in [-0.4, -0.2) is 43.2 Å². The summed E-state index contributed by atoms with van der Waals surface area (Å²) in [5, 5.41) is 0.999. The summed E-state index contributed by atoms with van der Waals surface area (Å²) in [4.78, 5) is 9.58. The molecule has 4 aromatic rings. The number of imidazole rings is 1. The second-order valence-corrected chi connectivity index (χ2v) is 10.7. The molecule has 0 fully saturated rings. The number of aromatic nitrogens is 3. The Bertz CT molecular complexity index is 1410. The highest BCUT2D eigenvalue weighted by atomic mass is 32.2. The van der Waals surface area contributed by atoms with E-state index in [0.717, 1.165) is 34.2 Å². The van der Waals surface area contributed by atoms with Gasteiger partial charge in [-0.15, -0.1) is 0 Å². The van der Waals surface area contributed by atoms with E-state index in [1.54, 1.807) is 19.2 Å². The minimum Gasteiger partial charge on any atom is -0.384 e. The first-order chi connectivity index (χ1) is 16.8. The molecular weight excluding hydrogens is 462 g/mol. The normalized spacial score (nSPS) is 12.2. The molecule has 4 rings (SSSR count). The summed E-state index contributed by atoms with van der Waals surface area (Å²) in [6.07, 6.45) is 2.11. The fraction of sp³-hybridized carbons (Fsp3) is 0.385. The van der Waals surface area contributed by atoms with E-state index in [1.165, 1.54) is 0 Å². The molecule has 0 aliphatic heterocycles. The van der Waals surface area contributed by atoms with Gasteiger partial charge in [0, 0.05) is 32.0 Å². The molecule has 2 aromatic carbocycles. The highest BCUT2D eigenvalue weighted by Gasteiger charge is 2.17. The van der Waals surface area contributed by atoms with Crippen LogP contribution in [0.5, 0.6) is 0 Å². The largest absolute Gasteiger partial charge is 0.384 e. The molecule has 0 radical (unpaired) electrons. The van der Waals surface area contributed by atoms with Crippen LogP contribution in [0.4, 0.5) is 5.82 Å². The SMILES string of the molecule is COCCc1nc2c(N)nc3ccccc3c2n1CCCCNS(=O)(=O)c1ccc(C(C)C)cc1. The number of aryl methyl sites for hydroxylation is 1. The molecule has 0 saturated carbocycles. The van der Waals surface area contributed by atoms with Gasteiger partial charge in [0.05, 0.1) is 22.5 Å². The number of hydrogen-bond donors (Lipinski definition) is 2. The lowest BCUT2D eigenvalue weighted by Crippen LogP contribution is -2.25. The smallest absolute Gasteiger partial charge is 0.240 e. The first kappa shape index (κ1) is 25.1. The topological polar surface area (TPSA) is 112 Å². The lowest BCUT2D eigenvalue weighted by molar-refractivity contribution is 0.199. The zero-order valence-electron chi connectivity index (χ0n) is 20.5. The number of methoxy groups -OCH3 is 1. The predicted octanol–water partition coefficient (Wildman–Crippen LogP) is 4.24. The molecule has 0 amide bonds. The van der Waals surface area contributed by atoms with Crippen LogP contribution in [0.3, 0.4) is 0 Å². The zero-order chi connectivity index (χ0) is 25.0. The lowest BCUT2D eigenvalue weighted by Gasteiger charge is -2.12. The summed E-state index contributed by atoms with van der Waals surface area (Å²) in [5.74, 6) is 1.65. The molecule has 35 heavy (non-hydrogen) atoms. The molecule has 0 aliphatic carbocycles. The Kier molecular flexibility index (Phi) is 7.69. The van der Waals surface area contributed by atoms with Crippen LogP contribution in [0, 0.1) is 0 Å². The minimum absolute atomic E-state index is 0.291. The second kappa shape index (κ2) is 10.7. The van der Waals surface area contributed by atoms with E-state index in [9.17, 15) is 8.42 Å². The van der Waals surface area contributed by atoms with E-state index >= 15 is 0 Å². The number of hydrogen-bond acceptors (Lipinski definition) is 6. The van der Waals surface area contributed by atoms with Crippen molar-refractivity contribution in [1.29, 1.82) is 0 Å². The van der Waals surface area contributed by atoms with E-state index in [0.29, 0.717) is 54.7 Å². The van der Waals surface area contributed by atoms with Crippen molar-refractivity contribution in [1.82, 2.24) is 19.3 Å². The van der Waals surface area contributed by atoms with Crippen molar-refractivity contribution in [2.24, 2.45) is 0 Å². The predicted molar refractivity (Wildman–Crippen MR) is 140 cm³/mol. The van der Waals surface area contributed by atoms with Crippen molar-refractivity contribution in [2.45, 2.75) is 50.5 Å². The van der Waals surface area contributed by atoms with Crippen molar-refractivity contribution < 1.29 is 13.2 Å². The number of fused-ring (bicyclic) bond motifs is 3. The third kappa shape index (κ3) is 5.47. The Morgan fingerprint density at radius 2 is 1.80 bits per heavy atom. The number of unbranched alkanes of at least 4 members (excludes halogenated alkanes) is 1. The van der Waals surface area contributed by atoms with E-state index in [4.69, 9.17) is 15.5 Å². The summed E-state index contributed by atoms with van der Waals surface area (Å²) in [5.41, 5.74) is 9.84. The molecule has 2 aromatic heterocycles. The summed E-state index contributed by atoms with van der Waals surface area (Å²) in [6, 6.07) is 15.0. The fourth-order valence-electron chi connectivity index (χ4n) is 4.25. The zero-order valence-corrected chi connectivity index (χ0v) is 21.3. The number of nitrogens with two attached hydrogens (primary N) is 1. The number of benzene rings is 2. The van der Waals surface area contributed by atoms with Crippen molar-refractivity contribution in [2.75, 3.05) is 26.0 Å². The number of anilines is 1. The number of ether oxygens (including phenoxy) is 1. The highest BCUT2D eigenvalue weighted by Crippen LogP contribution is 2.29. The third-order valence-corrected chi connectivity index (χ3v) is 7.65. The van der Waals surface area contributed by atoms with Crippen LogP contribution >= 0.6 is 0 Å². The molecule has 0 atom stereocenters. The van der Waals surface area contributed by atoms with Crippen molar-refractivity contribution in [3.05, 3.63) is 59.9 Å². The Morgan fingerprint density at radius 3 is 2.51 bits per heavy atom. The molecule has 0 spiro atoms. The van der Waals surface area contributed by atoms with Gasteiger partial charge in [0.1, 0.15) is 11.3 Å². The van der Waals surface area contributed by atoms with Crippen LogP contribution in [0.2, 0.25) is 0 Å². The van der Waals surface area contributed by atoms with Crippen molar-refractivity contribution in [3.63, 3.8) is 0 Å². The number of rotatable bonds is 11. The van der Waals surface area contributed by atoms with Gasteiger partial charge in [0.2, 0.25) is 10.0 Å². The number of nitrogen functional groups attached to an aromatic ring is 1. The van der Waals surface area contributed by atoms with Gasteiger partial charge in [-0.3, -0.25) is 0 Å². The van der Waals surface area contributed by atoms with Crippen molar-refractivity contribution >= 4 is 37.8 Å². The minimum atomic E-state index is -3.54. The molecule has 0 bridgehead atoms. The molecule has 3 N–H and O–H groups in total. The van der Waals surface area contributed by atoms with Gasteiger partial charge in [-0.05, 0) is 42.5 Å². The summed E-state index contributed by atoms with van der Waals surface area (Å²) < 4.78 is 35.5. The molecular formula is C26H33N5O3S. The summed E-state index contributed by atoms with van der Waals surface area (Å²) in [7, 11) is -1.87. The maximum Gasteiger partial charge on any atom is 0.240 e. The average molecular weight is 496 g/mol. The molecule has 0 saturated heterocycles. The number of pyridine rings is 1. The Balaban J connectivity index is 1.47. The first-order valence-electron chi connectivity index (χ1n) is 11.9. The Labute approximate surface area is 206 Å². The quantitative estimate of drug-likeness (QED) is 0.301. The molecule has 186 valence electrons. The molecule has 9 heteroatoms. The van der Waals surface area contributed by atoms with Gasteiger partial charge in [-0.2, -0.15) is 0 Å². The second-order valence-electron chi connectivity index (χ2n) is 8.96. The maximum absolute atomic E-state index is 12.7. The average Bonchev–Trinajstić information content (AvgIpc) is 3.22. The van der Waals surface area contributed by atoms with Crippen LogP contribution < -0.4 is 10.5 Å². The molecule has 8 nitrogen and oxygen atoms in total. The van der Waals surface area contributed by atoms with Crippen LogP contribution in [-0.2, 0) is 27.7 Å². The molecule has 0 unspecified atom stereocenters. The fourth-order valence-corrected chi connectivity index (χ4v) is 5.32. The Hall–Kier alpha value is -3.01. The lowest BCUT2D eigenvalue weighted by atomic mass is 10.0. The van der Waals surface area contributed by atoms with Gasteiger partial charge >= 0.3 is 0 Å². The summed E-state index contributed by atoms with van der Waals surface area (Å²) in [6.45, 7) is 5.76. The monoisotopic (exact) mass is 495 g/mol. The number of nitrogens with zero attached hydrogens (tertiary/aromatic N) is 3.